The van der Waals surface area contributed by atoms with Crippen LogP contribution in [0.4, 0.5) is 0 Å². The van der Waals surface area contributed by atoms with E-state index in [0.29, 0.717) is 24.9 Å². The van der Waals surface area contributed by atoms with Gasteiger partial charge in [0.25, 0.3) is 0 Å². The summed E-state index contributed by atoms with van der Waals surface area (Å²) in [5, 5.41) is 0. The van der Waals surface area contributed by atoms with Crippen molar-refractivity contribution in [3.05, 3.63) is 29.8 Å². The third-order valence-corrected chi connectivity index (χ3v) is 5.64. The predicted molar refractivity (Wildman–Crippen MR) is 96.0 cm³/mol. The highest BCUT2D eigenvalue weighted by Gasteiger charge is 2.28. The van der Waals surface area contributed by atoms with Gasteiger partial charge in [0.05, 0.1) is 7.11 Å². The number of hydrogen-bond donors (Lipinski definition) is 0. The monoisotopic (exact) mass is 330 g/mol. The Morgan fingerprint density at radius 2 is 1.75 bits per heavy atom. The Bertz CT molecular complexity index is 535. The fourth-order valence-electron chi connectivity index (χ4n) is 3.90. The molecule has 1 aromatic rings. The molecule has 0 unspecified atom stereocenters. The third-order valence-electron chi connectivity index (χ3n) is 5.64. The molecule has 24 heavy (non-hydrogen) atoms. The SMILES string of the molecule is COc1ccc(CN2CC[C@@H](N3CCC(C)CC3)CCC2=O)cc1. The zero-order valence-corrected chi connectivity index (χ0v) is 15.0. The lowest BCUT2D eigenvalue weighted by atomic mass is 9.96. The molecular formula is C20H30N2O2. The van der Waals surface area contributed by atoms with Crippen molar-refractivity contribution in [2.75, 3.05) is 26.7 Å². The van der Waals surface area contributed by atoms with Crippen molar-refractivity contribution in [3.8, 4) is 5.75 Å². The fourth-order valence-corrected chi connectivity index (χ4v) is 3.90. The highest BCUT2D eigenvalue weighted by Crippen LogP contribution is 2.25. The van der Waals surface area contributed by atoms with Crippen LogP contribution in [0.15, 0.2) is 24.3 Å². The predicted octanol–water partition coefficient (Wildman–Crippen LogP) is 3.31. The molecule has 0 bridgehead atoms. The molecule has 0 spiro atoms. The van der Waals surface area contributed by atoms with Crippen molar-refractivity contribution in [1.82, 2.24) is 9.80 Å². The average Bonchev–Trinajstić information content (AvgIpc) is 2.79. The number of likely N-dealkylation sites (tertiary alicyclic amines) is 2. The van der Waals surface area contributed by atoms with E-state index >= 15 is 0 Å². The number of amides is 1. The van der Waals surface area contributed by atoms with E-state index in [4.69, 9.17) is 4.74 Å². The lowest BCUT2D eigenvalue weighted by Crippen LogP contribution is -2.41. The van der Waals surface area contributed by atoms with Gasteiger partial charge in [0.1, 0.15) is 5.75 Å². The number of carbonyl (C=O) groups excluding carboxylic acids is 1. The van der Waals surface area contributed by atoms with Gasteiger partial charge in [-0.25, -0.2) is 0 Å². The van der Waals surface area contributed by atoms with Gasteiger partial charge in [-0.15, -0.1) is 0 Å². The summed E-state index contributed by atoms with van der Waals surface area (Å²) in [6.07, 6.45) is 5.43. The van der Waals surface area contributed by atoms with Crippen LogP contribution < -0.4 is 4.74 Å². The number of rotatable bonds is 4. The Balaban J connectivity index is 1.56. The summed E-state index contributed by atoms with van der Waals surface area (Å²) >= 11 is 0. The highest BCUT2D eigenvalue weighted by atomic mass is 16.5. The first-order chi connectivity index (χ1) is 11.7. The van der Waals surface area contributed by atoms with Crippen LogP contribution in [0.1, 0.15) is 44.6 Å². The molecular weight excluding hydrogens is 300 g/mol. The van der Waals surface area contributed by atoms with Gasteiger partial charge in [-0.1, -0.05) is 19.1 Å². The van der Waals surface area contributed by atoms with Crippen molar-refractivity contribution in [1.29, 1.82) is 0 Å². The summed E-state index contributed by atoms with van der Waals surface area (Å²) in [5.74, 6) is 2.03. The van der Waals surface area contributed by atoms with Crippen molar-refractivity contribution in [2.24, 2.45) is 5.92 Å². The van der Waals surface area contributed by atoms with Gasteiger partial charge in [-0.2, -0.15) is 0 Å². The van der Waals surface area contributed by atoms with E-state index in [1.54, 1.807) is 7.11 Å². The van der Waals surface area contributed by atoms with Crippen molar-refractivity contribution in [2.45, 2.75) is 51.6 Å². The number of carbonyl (C=O) groups is 1. The Hall–Kier alpha value is -1.55. The smallest absolute Gasteiger partial charge is 0.222 e. The minimum Gasteiger partial charge on any atom is -0.497 e. The van der Waals surface area contributed by atoms with Crippen LogP contribution in [-0.2, 0) is 11.3 Å². The van der Waals surface area contributed by atoms with Gasteiger partial charge in [0.15, 0.2) is 0 Å². The molecule has 2 fully saturated rings. The molecule has 2 aliphatic heterocycles. The number of nitrogens with zero attached hydrogens (tertiary/aromatic N) is 2. The van der Waals surface area contributed by atoms with Crippen LogP contribution in [0.25, 0.3) is 0 Å². The first-order valence-corrected chi connectivity index (χ1v) is 9.30. The maximum absolute atomic E-state index is 12.5. The maximum atomic E-state index is 12.5. The van der Waals surface area contributed by atoms with Gasteiger partial charge >= 0.3 is 0 Å². The second-order valence-electron chi connectivity index (χ2n) is 7.36. The van der Waals surface area contributed by atoms with Gasteiger partial charge in [0, 0.05) is 25.6 Å². The second kappa shape index (κ2) is 8.02. The minimum absolute atomic E-state index is 0.304. The molecule has 2 aliphatic rings. The quantitative estimate of drug-likeness (QED) is 0.849. The number of benzene rings is 1. The molecule has 132 valence electrons. The number of piperidine rings is 1. The first kappa shape index (κ1) is 17.3. The molecule has 2 heterocycles. The molecule has 4 nitrogen and oxygen atoms in total. The highest BCUT2D eigenvalue weighted by molar-refractivity contribution is 5.76. The molecule has 4 heteroatoms. The van der Waals surface area contributed by atoms with Gasteiger partial charge in [-0.05, 0) is 62.4 Å². The van der Waals surface area contributed by atoms with Crippen molar-refractivity contribution < 1.29 is 9.53 Å². The molecule has 1 amide bonds. The topological polar surface area (TPSA) is 32.8 Å². The molecule has 3 rings (SSSR count). The van der Waals surface area contributed by atoms with Gasteiger partial charge in [-0.3, -0.25) is 4.79 Å². The molecule has 0 radical (unpaired) electrons. The van der Waals surface area contributed by atoms with Crippen LogP contribution in [0, 0.1) is 5.92 Å². The summed E-state index contributed by atoms with van der Waals surface area (Å²) in [4.78, 5) is 17.2. The average molecular weight is 330 g/mol. The molecule has 0 saturated carbocycles. The summed E-state index contributed by atoms with van der Waals surface area (Å²) in [6, 6.07) is 8.63. The Morgan fingerprint density at radius 1 is 1.04 bits per heavy atom. The van der Waals surface area contributed by atoms with Crippen LogP contribution >= 0.6 is 0 Å². The third kappa shape index (κ3) is 4.29. The Kier molecular flexibility index (Phi) is 5.77. The van der Waals surface area contributed by atoms with Crippen molar-refractivity contribution >= 4 is 5.91 Å². The fraction of sp³-hybridized carbons (Fsp3) is 0.650. The molecule has 0 N–H and O–H groups in total. The van der Waals surface area contributed by atoms with E-state index in [1.807, 2.05) is 17.0 Å². The van der Waals surface area contributed by atoms with E-state index < -0.39 is 0 Å². The van der Waals surface area contributed by atoms with Crippen LogP contribution in [0.2, 0.25) is 0 Å². The van der Waals surface area contributed by atoms with E-state index in [0.717, 1.165) is 31.1 Å². The van der Waals surface area contributed by atoms with Crippen LogP contribution in [0.5, 0.6) is 5.75 Å². The zero-order chi connectivity index (χ0) is 16.9. The van der Waals surface area contributed by atoms with Gasteiger partial charge in [0.2, 0.25) is 5.91 Å². The lowest BCUT2D eigenvalue weighted by molar-refractivity contribution is -0.131. The molecule has 1 aromatic carbocycles. The first-order valence-electron chi connectivity index (χ1n) is 9.30. The largest absolute Gasteiger partial charge is 0.497 e. The zero-order valence-electron chi connectivity index (χ0n) is 15.0. The van der Waals surface area contributed by atoms with E-state index in [9.17, 15) is 4.79 Å². The Labute approximate surface area is 145 Å². The normalized spacial score (nSPS) is 24.0. The standard InChI is InChI=1S/C20H30N2O2/c1-16-9-12-21(13-10-16)18-5-8-20(23)22(14-11-18)15-17-3-6-19(24-2)7-4-17/h3-4,6-7,16,18H,5,8-15H2,1-2H3/t18-/m0/s1. The molecule has 1 atom stereocenters. The van der Waals surface area contributed by atoms with Crippen LogP contribution in [0.3, 0.4) is 0 Å². The van der Waals surface area contributed by atoms with Crippen LogP contribution in [-0.4, -0.2) is 48.5 Å². The number of hydrogen-bond acceptors (Lipinski definition) is 3. The van der Waals surface area contributed by atoms with E-state index in [2.05, 4.69) is 24.0 Å². The van der Waals surface area contributed by atoms with Gasteiger partial charge < -0.3 is 14.5 Å². The Morgan fingerprint density at radius 3 is 2.42 bits per heavy atom. The summed E-state index contributed by atoms with van der Waals surface area (Å²) < 4.78 is 5.20. The summed E-state index contributed by atoms with van der Waals surface area (Å²) in [6.45, 7) is 6.36. The second-order valence-corrected chi connectivity index (χ2v) is 7.36. The summed E-state index contributed by atoms with van der Waals surface area (Å²) in [7, 11) is 1.68. The number of ether oxygens (including phenoxy) is 1. The number of methoxy groups -OCH3 is 1. The molecule has 2 saturated heterocycles. The van der Waals surface area contributed by atoms with E-state index in [1.165, 1.54) is 31.5 Å². The minimum atomic E-state index is 0.304. The summed E-state index contributed by atoms with van der Waals surface area (Å²) in [5.41, 5.74) is 1.18. The molecule has 0 aliphatic carbocycles. The molecule has 0 aromatic heterocycles. The maximum Gasteiger partial charge on any atom is 0.222 e. The van der Waals surface area contributed by atoms with E-state index in [-0.39, 0.29) is 0 Å². The lowest BCUT2D eigenvalue weighted by Gasteiger charge is -2.36. The van der Waals surface area contributed by atoms with Crippen molar-refractivity contribution in [3.63, 3.8) is 0 Å².